The molecule has 1 rings (SSSR count). The molecule has 0 saturated carbocycles. The topological polar surface area (TPSA) is 40.5 Å². The summed E-state index contributed by atoms with van der Waals surface area (Å²) in [7, 11) is 0. The predicted molar refractivity (Wildman–Crippen MR) is 39.8 cm³/mol. The van der Waals surface area contributed by atoms with Gasteiger partial charge in [-0.25, -0.2) is 5.06 Å². The third-order valence-electron chi connectivity index (χ3n) is 1.31. The highest BCUT2D eigenvalue weighted by Crippen LogP contribution is 1.99. The van der Waals surface area contributed by atoms with Gasteiger partial charge in [-0.3, -0.25) is 10.0 Å². The molecule has 11 heavy (non-hydrogen) atoms. The molecular weight excluding hydrogens is 142 g/mol. The molecule has 0 aliphatic carbocycles. The first-order chi connectivity index (χ1) is 5.33. The van der Waals surface area contributed by atoms with Gasteiger partial charge in [0.25, 0.3) is 0 Å². The highest BCUT2D eigenvalue weighted by Gasteiger charge is 1.95. The van der Waals surface area contributed by atoms with Crippen LogP contribution in [0.1, 0.15) is 5.56 Å². The maximum atomic E-state index is 9.99. The Morgan fingerprint density at radius 3 is 2.55 bits per heavy atom. The van der Waals surface area contributed by atoms with Crippen LogP contribution in [0.2, 0.25) is 0 Å². The molecule has 0 saturated heterocycles. The monoisotopic (exact) mass is 151 g/mol. The van der Waals surface area contributed by atoms with Crippen LogP contribution in [0.25, 0.3) is 0 Å². The van der Waals surface area contributed by atoms with Crippen LogP contribution in [0.4, 0.5) is 0 Å². The van der Waals surface area contributed by atoms with E-state index in [1.165, 1.54) is 0 Å². The molecule has 0 fully saturated rings. The van der Waals surface area contributed by atoms with Crippen molar-refractivity contribution in [1.29, 1.82) is 0 Å². The molecule has 0 unspecified atom stereocenters. The smallest absolute Gasteiger partial charge is 0.233 e. The fourth-order valence-electron chi connectivity index (χ4n) is 0.808. The molecule has 58 valence electrons. The normalized spacial score (nSPS) is 9.18. The number of hydrogen-bond acceptors (Lipinski definition) is 2. The zero-order valence-electron chi connectivity index (χ0n) is 5.97. The number of hydroxylamine groups is 2. The van der Waals surface area contributed by atoms with E-state index in [4.69, 9.17) is 5.21 Å². The van der Waals surface area contributed by atoms with E-state index in [0.29, 0.717) is 11.5 Å². The highest BCUT2D eigenvalue weighted by atomic mass is 16.5. The standard InChI is InChI=1S/C8H9NO2/c10-7-9(11)6-8-4-2-1-3-5-8/h1-5,7,11H,6H2. The fraction of sp³-hybridized carbons (Fsp3) is 0.125. The van der Waals surface area contributed by atoms with E-state index in [2.05, 4.69) is 0 Å². The van der Waals surface area contributed by atoms with Crippen LogP contribution in [-0.4, -0.2) is 16.7 Å². The lowest BCUT2D eigenvalue weighted by Crippen LogP contribution is -2.15. The molecule has 0 aromatic heterocycles. The average molecular weight is 151 g/mol. The summed E-state index contributed by atoms with van der Waals surface area (Å²) in [5, 5.41) is 9.38. The molecule has 3 nitrogen and oxygen atoms in total. The Balaban J connectivity index is 2.57. The first-order valence-electron chi connectivity index (χ1n) is 3.27. The molecule has 0 heterocycles. The summed E-state index contributed by atoms with van der Waals surface area (Å²) in [5.74, 6) is 0. The Labute approximate surface area is 64.8 Å². The number of benzene rings is 1. The molecule has 0 aliphatic rings. The Bertz CT molecular complexity index is 223. The number of hydrogen-bond donors (Lipinski definition) is 1. The summed E-state index contributed by atoms with van der Waals surface area (Å²) >= 11 is 0. The molecule has 1 N–H and O–H groups in total. The minimum absolute atomic E-state index is 0.240. The van der Waals surface area contributed by atoms with Crippen LogP contribution in [0, 0.1) is 0 Å². The SMILES string of the molecule is O=CN(O)Cc1ccccc1. The van der Waals surface area contributed by atoms with E-state index in [9.17, 15) is 4.79 Å². The second-order valence-electron chi connectivity index (χ2n) is 2.19. The van der Waals surface area contributed by atoms with Gasteiger partial charge in [-0.1, -0.05) is 30.3 Å². The van der Waals surface area contributed by atoms with Gasteiger partial charge in [-0.15, -0.1) is 0 Å². The minimum Gasteiger partial charge on any atom is -0.286 e. The fourth-order valence-corrected chi connectivity index (χ4v) is 0.808. The summed E-state index contributed by atoms with van der Waals surface area (Å²) in [6.07, 6.45) is 0.382. The quantitative estimate of drug-likeness (QED) is 0.398. The van der Waals surface area contributed by atoms with Crippen molar-refractivity contribution in [3.63, 3.8) is 0 Å². The van der Waals surface area contributed by atoms with E-state index in [1.807, 2.05) is 30.3 Å². The van der Waals surface area contributed by atoms with Crippen LogP contribution >= 0.6 is 0 Å². The second-order valence-corrected chi connectivity index (χ2v) is 2.19. The lowest BCUT2D eigenvalue weighted by molar-refractivity contribution is -0.152. The van der Waals surface area contributed by atoms with E-state index in [1.54, 1.807) is 0 Å². The average Bonchev–Trinajstić information content (AvgIpc) is 2.06. The van der Waals surface area contributed by atoms with Crippen molar-refractivity contribution in [2.24, 2.45) is 0 Å². The van der Waals surface area contributed by atoms with Crippen LogP contribution in [0.3, 0.4) is 0 Å². The van der Waals surface area contributed by atoms with E-state index in [-0.39, 0.29) is 6.54 Å². The van der Waals surface area contributed by atoms with Gasteiger partial charge in [-0.2, -0.15) is 0 Å². The van der Waals surface area contributed by atoms with Crippen molar-refractivity contribution in [3.05, 3.63) is 35.9 Å². The van der Waals surface area contributed by atoms with Gasteiger partial charge in [0.2, 0.25) is 6.41 Å². The molecule has 0 aliphatic heterocycles. The van der Waals surface area contributed by atoms with Gasteiger partial charge in [0.15, 0.2) is 0 Å². The second kappa shape index (κ2) is 3.73. The number of rotatable bonds is 3. The first kappa shape index (κ1) is 7.75. The summed E-state index contributed by atoms with van der Waals surface area (Å²) in [6.45, 7) is 0.240. The van der Waals surface area contributed by atoms with Crippen LogP contribution < -0.4 is 0 Å². The Morgan fingerprint density at radius 1 is 1.36 bits per heavy atom. The van der Waals surface area contributed by atoms with Crippen molar-refractivity contribution in [2.75, 3.05) is 0 Å². The van der Waals surface area contributed by atoms with Gasteiger partial charge >= 0.3 is 0 Å². The van der Waals surface area contributed by atoms with Crippen LogP contribution in [0.15, 0.2) is 30.3 Å². The lowest BCUT2D eigenvalue weighted by Gasteiger charge is -2.06. The predicted octanol–water partition coefficient (Wildman–Crippen LogP) is 1.03. The van der Waals surface area contributed by atoms with E-state index in [0.717, 1.165) is 5.56 Å². The Kier molecular flexibility index (Phi) is 2.63. The maximum Gasteiger partial charge on any atom is 0.233 e. The molecule has 0 bridgehead atoms. The van der Waals surface area contributed by atoms with Crippen LogP contribution in [-0.2, 0) is 11.3 Å². The Morgan fingerprint density at radius 2 is 2.00 bits per heavy atom. The molecule has 0 spiro atoms. The largest absolute Gasteiger partial charge is 0.286 e. The lowest BCUT2D eigenvalue weighted by atomic mass is 10.2. The number of carbonyl (C=O) groups excluding carboxylic acids is 1. The molecule has 1 aromatic carbocycles. The molecule has 0 radical (unpaired) electrons. The Hall–Kier alpha value is -1.35. The van der Waals surface area contributed by atoms with Crippen molar-refractivity contribution >= 4 is 6.41 Å². The van der Waals surface area contributed by atoms with Gasteiger partial charge in [0.05, 0.1) is 6.54 Å². The van der Waals surface area contributed by atoms with E-state index >= 15 is 0 Å². The van der Waals surface area contributed by atoms with Gasteiger partial charge in [-0.05, 0) is 5.56 Å². The number of amides is 1. The van der Waals surface area contributed by atoms with Gasteiger partial charge in [0, 0.05) is 0 Å². The molecule has 3 heteroatoms. The summed E-state index contributed by atoms with van der Waals surface area (Å²) in [6, 6.07) is 9.27. The van der Waals surface area contributed by atoms with Gasteiger partial charge < -0.3 is 0 Å². The zero-order chi connectivity index (χ0) is 8.10. The third-order valence-corrected chi connectivity index (χ3v) is 1.31. The summed E-state index contributed by atoms with van der Waals surface area (Å²) in [5.41, 5.74) is 0.905. The number of nitrogens with zero attached hydrogens (tertiary/aromatic N) is 1. The molecule has 1 amide bonds. The summed E-state index contributed by atoms with van der Waals surface area (Å²) < 4.78 is 0. The van der Waals surface area contributed by atoms with Crippen LogP contribution in [0.5, 0.6) is 0 Å². The van der Waals surface area contributed by atoms with Crippen molar-refractivity contribution in [1.82, 2.24) is 5.06 Å². The maximum absolute atomic E-state index is 9.99. The highest BCUT2D eigenvalue weighted by molar-refractivity contribution is 5.45. The minimum atomic E-state index is 0.240. The van der Waals surface area contributed by atoms with Gasteiger partial charge in [0.1, 0.15) is 0 Å². The summed E-state index contributed by atoms with van der Waals surface area (Å²) in [4.78, 5) is 9.99. The van der Waals surface area contributed by atoms with Crippen molar-refractivity contribution < 1.29 is 10.0 Å². The zero-order valence-corrected chi connectivity index (χ0v) is 5.97. The molecule has 0 atom stereocenters. The molecular formula is C8H9NO2. The first-order valence-corrected chi connectivity index (χ1v) is 3.27. The molecule has 1 aromatic rings. The van der Waals surface area contributed by atoms with E-state index < -0.39 is 0 Å². The third kappa shape index (κ3) is 2.39. The van der Waals surface area contributed by atoms with Crippen molar-refractivity contribution in [2.45, 2.75) is 6.54 Å². The van der Waals surface area contributed by atoms with Crippen molar-refractivity contribution in [3.8, 4) is 0 Å². The number of carbonyl (C=O) groups is 1.